The summed E-state index contributed by atoms with van der Waals surface area (Å²) in [5.41, 5.74) is 2.08. The van der Waals surface area contributed by atoms with Gasteiger partial charge in [0.25, 0.3) is 0 Å². The Morgan fingerprint density at radius 2 is 1.79 bits per heavy atom. The topological polar surface area (TPSA) is 12.9 Å². The van der Waals surface area contributed by atoms with Crippen LogP contribution in [0.5, 0.6) is 0 Å². The molecule has 0 radical (unpaired) electrons. The largest absolute Gasteiger partial charge is 0.265 e. The minimum Gasteiger partial charge on any atom is -0.265 e. The van der Waals surface area contributed by atoms with E-state index >= 15 is 0 Å². The second-order valence-corrected chi connectivity index (χ2v) is 4.09. The standard InChI is InChI=1S/C11H7BrClN/c12-9-2-1-3-10(13)11(9)8-4-6-14-7-5-8/h1-7H. The molecular weight excluding hydrogens is 261 g/mol. The molecule has 0 unspecified atom stereocenters. The number of rotatable bonds is 1. The van der Waals surface area contributed by atoms with Crippen molar-refractivity contribution >= 4 is 27.5 Å². The van der Waals surface area contributed by atoms with Crippen molar-refractivity contribution < 1.29 is 0 Å². The first-order chi connectivity index (χ1) is 6.79. The summed E-state index contributed by atoms with van der Waals surface area (Å²) in [6, 6.07) is 9.64. The average Bonchev–Trinajstić information content (AvgIpc) is 2.19. The van der Waals surface area contributed by atoms with Crippen LogP contribution in [0.25, 0.3) is 11.1 Å². The SMILES string of the molecule is Clc1cccc(Br)c1-c1ccncc1. The lowest BCUT2D eigenvalue weighted by molar-refractivity contribution is 1.33. The van der Waals surface area contributed by atoms with Gasteiger partial charge in [-0.1, -0.05) is 33.6 Å². The van der Waals surface area contributed by atoms with E-state index < -0.39 is 0 Å². The van der Waals surface area contributed by atoms with Crippen molar-refractivity contribution in [3.63, 3.8) is 0 Å². The van der Waals surface area contributed by atoms with Gasteiger partial charge in [-0.15, -0.1) is 0 Å². The highest BCUT2D eigenvalue weighted by Gasteiger charge is 2.06. The molecule has 0 saturated carbocycles. The zero-order valence-electron chi connectivity index (χ0n) is 7.24. The lowest BCUT2D eigenvalue weighted by atomic mass is 10.1. The molecule has 0 N–H and O–H groups in total. The van der Waals surface area contributed by atoms with E-state index in [1.807, 2.05) is 30.3 Å². The number of nitrogens with zero attached hydrogens (tertiary/aromatic N) is 1. The number of hydrogen-bond donors (Lipinski definition) is 0. The van der Waals surface area contributed by atoms with E-state index in [2.05, 4.69) is 20.9 Å². The van der Waals surface area contributed by atoms with Gasteiger partial charge in [0.1, 0.15) is 0 Å². The van der Waals surface area contributed by atoms with Gasteiger partial charge in [0.15, 0.2) is 0 Å². The van der Waals surface area contributed by atoms with Crippen molar-refractivity contribution in [3.8, 4) is 11.1 Å². The molecule has 0 spiro atoms. The van der Waals surface area contributed by atoms with Gasteiger partial charge in [0, 0.05) is 27.5 Å². The van der Waals surface area contributed by atoms with E-state index in [4.69, 9.17) is 11.6 Å². The van der Waals surface area contributed by atoms with Crippen molar-refractivity contribution in [2.24, 2.45) is 0 Å². The van der Waals surface area contributed by atoms with Crippen LogP contribution in [0.1, 0.15) is 0 Å². The van der Waals surface area contributed by atoms with Gasteiger partial charge in [0.2, 0.25) is 0 Å². The first kappa shape index (κ1) is 9.69. The maximum atomic E-state index is 6.11. The third-order valence-corrected chi connectivity index (χ3v) is 2.91. The van der Waals surface area contributed by atoms with E-state index in [0.29, 0.717) is 0 Å². The van der Waals surface area contributed by atoms with E-state index in [0.717, 1.165) is 20.6 Å². The molecule has 70 valence electrons. The number of benzene rings is 1. The van der Waals surface area contributed by atoms with Crippen LogP contribution in [0.15, 0.2) is 47.2 Å². The van der Waals surface area contributed by atoms with Gasteiger partial charge in [-0.25, -0.2) is 0 Å². The highest BCUT2D eigenvalue weighted by Crippen LogP contribution is 2.34. The highest BCUT2D eigenvalue weighted by molar-refractivity contribution is 9.10. The van der Waals surface area contributed by atoms with Gasteiger partial charge in [-0.2, -0.15) is 0 Å². The summed E-state index contributed by atoms with van der Waals surface area (Å²) in [5, 5.41) is 0.741. The fourth-order valence-electron chi connectivity index (χ4n) is 1.29. The molecule has 0 aliphatic carbocycles. The molecule has 2 aromatic rings. The zero-order valence-corrected chi connectivity index (χ0v) is 9.59. The molecule has 0 atom stereocenters. The van der Waals surface area contributed by atoms with Crippen LogP contribution in [-0.4, -0.2) is 4.98 Å². The Kier molecular flexibility index (Phi) is 2.85. The summed E-state index contributed by atoms with van der Waals surface area (Å²) in [6.07, 6.45) is 3.51. The monoisotopic (exact) mass is 267 g/mol. The Labute approximate surface area is 95.9 Å². The highest BCUT2D eigenvalue weighted by atomic mass is 79.9. The summed E-state index contributed by atoms with van der Waals surface area (Å²) in [4.78, 5) is 3.97. The summed E-state index contributed by atoms with van der Waals surface area (Å²) in [5.74, 6) is 0. The second kappa shape index (κ2) is 4.11. The maximum absolute atomic E-state index is 6.11. The van der Waals surface area contributed by atoms with Crippen LogP contribution in [0, 0.1) is 0 Å². The summed E-state index contributed by atoms with van der Waals surface area (Å²) < 4.78 is 0.996. The Morgan fingerprint density at radius 3 is 2.43 bits per heavy atom. The minimum atomic E-state index is 0.741. The van der Waals surface area contributed by atoms with Crippen molar-refractivity contribution in [2.75, 3.05) is 0 Å². The molecule has 3 heteroatoms. The smallest absolute Gasteiger partial charge is 0.0495 e. The van der Waals surface area contributed by atoms with Gasteiger partial charge in [-0.05, 0) is 29.8 Å². The maximum Gasteiger partial charge on any atom is 0.0495 e. The Balaban J connectivity index is 2.63. The Hall–Kier alpha value is -0.860. The molecule has 0 amide bonds. The fourth-order valence-corrected chi connectivity index (χ4v) is 2.29. The third-order valence-electron chi connectivity index (χ3n) is 1.93. The van der Waals surface area contributed by atoms with Gasteiger partial charge in [-0.3, -0.25) is 4.98 Å². The normalized spacial score (nSPS) is 10.1. The third kappa shape index (κ3) is 1.81. The van der Waals surface area contributed by atoms with Crippen LogP contribution >= 0.6 is 27.5 Å². The second-order valence-electron chi connectivity index (χ2n) is 2.83. The zero-order chi connectivity index (χ0) is 9.97. The molecule has 1 nitrogen and oxygen atoms in total. The van der Waals surface area contributed by atoms with Crippen LogP contribution in [-0.2, 0) is 0 Å². The van der Waals surface area contributed by atoms with Crippen LogP contribution < -0.4 is 0 Å². The Morgan fingerprint density at radius 1 is 1.07 bits per heavy atom. The molecule has 1 heterocycles. The molecule has 0 aliphatic rings. The molecule has 1 aromatic heterocycles. The molecule has 0 bridgehead atoms. The van der Waals surface area contributed by atoms with Gasteiger partial charge in [0.05, 0.1) is 0 Å². The van der Waals surface area contributed by atoms with Crippen molar-refractivity contribution in [2.45, 2.75) is 0 Å². The van der Waals surface area contributed by atoms with Crippen molar-refractivity contribution in [1.29, 1.82) is 0 Å². The average molecular weight is 269 g/mol. The Bertz CT molecular complexity index is 422. The summed E-state index contributed by atoms with van der Waals surface area (Å²) in [6.45, 7) is 0. The molecule has 0 aliphatic heterocycles. The molecule has 14 heavy (non-hydrogen) atoms. The van der Waals surface area contributed by atoms with E-state index in [1.54, 1.807) is 12.4 Å². The van der Waals surface area contributed by atoms with E-state index in [9.17, 15) is 0 Å². The molecule has 1 aromatic carbocycles. The molecule has 2 rings (SSSR count). The minimum absolute atomic E-state index is 0.741. The van der Waals surface area contributed by atoms with Crippen molar-refractivity contribution in [1.82, 2.24) is 4.98 Å². The molecule has 0 fully saturated rings. The number of halogens is 2. The van der Waals surface area contributed by atoms with E-state index in [1.165, 1.54) is 0 Å². The van der Waals surface area contributed by atoms with E-state index in [-0.39, 0.29) is 0 Å². The predicted molar refractivity (Wildman–Crippen MR) is 62.4 cm³/mol. The first-order valence-electron chi connectivity index (χ1n) is 4.13. The van der Waals surface area contributed by atoms with Gasteiger partial charge >= 0.3 is 0 Å². The lowest BCUT2D eigenvalue weighted by Gasteiger charge is -2.06. The quantitative estimate of drug-likeness (QED) is 0.756. The lowest BCUT2D eigenvalue weighted by Crippen LogP contribution is -1.81. The fraction of sp³-hybridized carbons (Fsp3) is 0. The number of aromatic nitrogens is 1. The van der Waals surface area contributed by atoms with Crippen LogP contribution in [0.3, 0.4) is 0 Å². The summed E-state index contributed by atoms with van der Waals surface area (Å²) >= 11 is 9.59. The van der Waals surface area contributed by atoms with Crippen LogP contribution in [0.4, 0.5) is 0 Å². The van der Waals surface area contributed by atoms with Crippen molar-refractivity contribution in [3.05, 3.63) is 52.2 Å². The first-order valence-corrected chi connectivity index (χ1v) is 5.30. The van der Waals surface area contributed by atoms with Crippen LogP contribution in [0.2, 0.25) is 5.02 Å². The predicted octanol–water partition coefficient (Wildman–Crippen LogP) is 4.16. The van der Waals surface area contributed by atoms with Gasteiger partial charge < -0.3 is 0 Å². The number of hydrogen-bond acceptors (Lipinski definition) is 1. The molecule has 0 saturated heterocycles. The summed E-state index contributed by atoms with van der Waals surface area (Å²) in [7, 11) is 0. The number of pyridine rings is 1. The molecular formula is C11H7BrClN.